The van der Waals surface area contributed by atoms with E-state index in [1.165, 1.54) is 7.11 Å². The molecule has 0 aliphatic carbocycles. The summed E-state index contributed by atoms with van der Waals surface area (Å²) in [5.74, 6) is -1.66. The Hall–Kier alpha value is -3.20. The number of nitrogens with one attached hydrogen (secondary N) is 3. The van der Waals surface area contributed by atoms with Crippen molar-refractivity contribution < 1.29 is 23.9 Å². The van der Waals surface area contributed by atoms with Gasteiger partial charge in [0.15, 0.2) is 0 Å². The molecule has 1 aromatic heterocycles. The number of ether oxygens (including phenoxy) is 1. The van der Waals surface area contributed by atoms with Crippen molar-refractivity contribution >= 4 is 46.4 Å². The monoisotopic (exact) mass is 387 g/mol. The minimum atomic E-state index is -0.835. The molecule has 0 fully saturated rings. The van der Waals surface area contributed by atoms with Gasteiger partial charge in [-0.25, -0.2) is 4.79 Å². The Balaban J connectivity index is 1.61. The summed E-state index contributed by atoms with van der Waals surface area (Å²) in [6.45, 7) is 0. The third kappa shape index (κ3) is 4.14. The number of methoxy groups -OCH3 is 1. The molecule has 2 aromatic rings. The first-order valence-corrected chi connectivity index (χ1v) is 9.04. The Morgan fingerprint density at radius 3 is 2.78 bits per heavy atom. The predicted molar refractivity (Wildman–Crippen MR) is 99.8 cm³/mol. The lowest BCUT2D eigenvalue weighted by atomic mass is 10.1. The van der Waals surface area contributed by atoms with Crippen molar-refractivity contribution in [2.24, 2.45) is 0 Å². The second-order valence-corrected chi connectivity index (χ2v) is 6.72. The number of hydrogen-bond acceptors (Lipinski definition) is 6. The second-order valence-electron chi connectivity index (χ2n) is 5.80. The van der Waals surface area contributed by atoms with Gasteiger partial charge < -0.3 is 20.7 Å². The van der Waals surface area contributed by atoms with Gasteiger partial charge in [-0.2, -0.15) is 0 Å². The van der Waals surface area contributed by atoms with Crippen LogP contribution in [0.15, 0.2) is 35.7 Å². The van der Waals surface area contributed by atoms with Crippen molar-refractivity contribution in [1.29, 1.82) is 0 Å². The van der Waals surface area contributed by atoms with Crippen LogP contribution >= 0.6 is 11.3 Å². The summed E-state index contributed by atoms with van der Waals surface area (Å²) >= 11 is 1.16. The predicted octanol–water partition coefficient (Wildman–Crippen LogP) is 2.00. The maximum atomic E-state index is 12.3. The van der Waals surface area contributed by atoms with Crippen LogP contribution < -0.4 is 16.0 Å². The van der Waals surface area contributed by atoms with Gasteiger partial charge in [0, 0.05) is 6.42 Å². The summed E-state index contributed by atoms with van der Waals surface area (Å²) in [6.07, 6.45) is 0.111. The van der Waals surface area contributed by atoms with E-state index in [9.17, 15) is 19.2 Å². The molecule has 27 heavy (non-hydrogen) atoms. The normalized spacial score (nSPS) is 15.8. The lowest BCUT2D eigenvalue weighted by Crippen LogP contribution is -2.41. The van der Waals surface area contributed by atoms with Gasteiger partial charge in [-0.15, -0.1) is 11.3 Å². The van der Waals surface area contributed by atoms with Gasteiger partial charge in [-0.3, -0.25) is 14.4 Å². The quantitative estimate of drug-likeness (QED) is 0.679. The fraction of sp³-hybridized carbons (Fsp3) is 0.222. The SMILES string of the molecule is COC(=O)c1sccc1NC(=O)CCC1NC(=O)c2ccccc2NC1=O. The molecular formula is C18H17N3O5S. The number of benzene rings is 1. The molecule has 140 valence electrons. The van der Waals surface area contributed by atoms with Crippen molar-refractivity contribution in [1.82, 2.24) is 5.32 Å². The molecule has 3 N–H and O–H groups in total. The Morgan fingerprint density at radius 1 is 1.22 bits per heavy atom. The van der Waals surface area contributed by atoms with E-state index >= 15 is 0 Å². The highest BCUT2D eigenvalue weighted by Crippen LogP contribution is 2.24. The Morgan fingerprint density at radius 2 is 2.00 bits per heavy atom. The molecular weight excluding hydrogens is 370 g/mol. The van der Waals surface area contributed by atoms with Crippen molar-refractivity contribution in [3.63, 3.8) is 0 Å². The van der Waals surface area contributed by atoms with Crippen LogP contribution in [-0.4, -0.2) is 36.8 Å². The van der Waals surface area contributed by atoms with Gasteiger partial charge in [0.2, 0.25) is 11.8 Å². The average Bonchev–Trinajstić information content (AvgIpc) is 3.07. The zero-order valence-electron chi connectivity index (χ0n) is 14.4. The van der Waals surface area contributed by atoms with Crippen LogP contribution in [0.25, 0.3) is 0 Å². The van der Waals surface area contributed by atoms with Crippen LogP contribution in [0, 0.1) is 0 Å². The van der Waals surface area contributed by atoms with Gasteiger partial charge >= 0.3 is 5.97 Å². The number of carbonyl (C=O) groups is 4. The molecule has 0 spiro atoms. The third-order valence-corrected chi connectivity index (χ3v) is 4.92. The fourth-order valence-electron chi connectivity index (χ4n) is 2.66. The van der Waals surface area contributed by atoms with Crippen LogP contribution in [0.3, 0.4) is 0 Å². The molecule has 9 heteroatoms. The number of hydrogen-bond donors (Lipinski definition) is 3. The zero-order valence-corrected chi connectivity index (χ0v) is 15.2. The molecule has 1 atom stereocenters. The molecule has 0 radical (unpaired) electrons. The summed E-state index contributed by atoms with van der Waals surface area (Å²) in [4.78, 5) is 48.7. The highest BCUT2D eigenvalue weighted by molar-refractivity contribution is 7.12. The number of amides is 3. The maximum absolute atomic E-state index is 12.3. The molecule has 3 amide bonds. The van der Waals surface area contributed by atoms with Crippen LogP contribution in [0.2, 0.25) is 0 Å². The van der Waals surface area contributed by atoms with Gasteiger partial charge in [0.05, 0.1) is 24.0 Å². The minimum absolute atomic E-state index is 0.00876. The molecule has 3 rings (SSSR count). The first-order chi connectivity index (χ1) is 13.0. The molecule has 1 aliphatic rings. The minimum Gasteiger partial charge on any atom is -0.465 e. The molecule has 0 bridgehead atoms. The van der Waals surface area contributed by atoms with Gasteiger partial charge in [0.1, 0.15) is 10.9 Å². The molecule has 0 saturated carbocycles. The molecule has 0 saturated heterocycles. The van der Waals surface area contributed by atoms with Crippen molar-refractivity contribution in [3.05, 3.63) is 46.2 Å². The van der Waals surface area contributed by atoms with Gasteiger partial charge in [-0.05, 0) is 30.0 Å². The van der Waals surface area contributed by atoms with Crippen LogP contribution in [0.4, 0.5) is 11.4 Å². The van der Waals surface area contributed by atoms with E-state index < -0.39 is 12.0 Å². The van der Waals surface area contributed by atoms with Crippen LogP contribution in [-0.2, 0) is 14.3 Å². The molecule has 1 aliphatic heterocycles. The average molecular weight is 387 g/mol. The van der Waals surface area contributed by atoms with Crippen LogP contribution in [0.1, 0.15) is 32.9 Å². The number of esters is 1. The number of anilines is 2. The van der Waals surface area contributed by atoms with E-state index in [4.69, 9.17) is 0 Å². The van der Waals surface area contributed by atoms with Gasteiger partial charge in [0.25, 0.3) is 5.91 Å². The van der Waals surface area contributed by atoms with Crippen molar-refractivity contribution in [2.75, 3.05) is 17.7 Å². The summed E-state index contributed by atoms with van der Waals surface area (Å²) in [5.41, 5.74) is 1.17. The van der Waals surface area contributed by atoms with Crippen molar-refractivity contribution in [3.8, 4) is 0 Å². The van der Waals surface area contributed by atoms with E-state index in [0.717, 1.165) is 11.3 Å². The third-order valence-electron chi connectivity index (χ3n) is 4.02. The largest absolute Gasteiger partial charge is 0.465 e. The van der Waals surface area contributed by atoms with Crippen molar-refractivity contribution in [2.45, 2.75) is 18.9 Å². The highest BCUT2D eigenvalue weighted by atomic mass is 32.1. The Kier molecular flexibility index (Phi) is 5.51. The maximum Gasteiger partial charge on any atom is 0.350 e. The summed E-state index contributed by atoms with van der Waals surface area (Å²) < 4.78 is 4.66. The summed E-state index contributed by atoms with van der Waals surface area (Å²) in [6, 6.07) is 7.46. The van der Waals surface area contributed by atoms with E-state index in [1.807, 2.05) is 0 Å². The number of para-hydroxylation sites is 1. The van der Waals surface area contributed by atoms with E-state index in [0.29, 0.717) is 21.8 Å². The lowest BCUT2D eigenvalue weighted by Gasteiger charge is -2.14. The first-order valence-electron chi connectivity index (χ1n) is 8.16. The second kappa shape index (κ2) is 8.00. The molecule has 1 unspecified atom stereocenters. The summed E-state index contributed by atoms with van der Waals surface area (Å²) in [5, 5.41) is 9.62. The van der Waals surface area contributed by atoms with Gasteiger partial charge in [-0.1, -0.05) is 12.1 Å². The zero-order chi connectivity index (χ0) is 19.4. The van der Waals surface area contributed by atoms with E-state index in [1.54, 1.807) is 35.7 Å². The Bertz CT molecular complexity index is 908. The standard InChI is InChI=1S/C18H17N3O5S/c1-26-18(25)15-12(8-9-27-15)19-14(22)7-6-13-17(24)20-11-5-3-2-4-10(11)16(23)21-13/h2-5,8-9,13H,6-7H2,1H3,(H,19,22)(H,20,24)(H,21,23). The number of rotatable bonds is 5. The highest BCUT2D eigenvalue weighted by Gasteiger charge is 2.28. The molecule has 2 heterocycles. The number of fused-ring (bicyclic) bond motifs is 1. The topological polar surface area (TPSA) is 114 Å². The Labute approximate surface area is 158 Å². The van der Waals surface area contributed by atoms with E-state index in [-0.39, 0.29) is 30.6 Å². The lowest BCUT2D eigenvalue weighted by molar-refractivity contribution is -0.118. The van der Waals surface area contributed by atoms with E-state index in [2.05, 4.69) is 20.7 Å². The summed E-state index contributed by atoms with van der Waals surface area (Å²) in [7, 11) is 1.26. The molecule has 8 nitrogen and oxygen atoms in total. The van der Waals surface area contributed by atoms with Crippen LogP contribution in [0.5, 0.6) is 0 Å². The number of carbonyl (C=O) groups excluding carboxylic acids is 4. The first kappa shape index (κ1) is 18.6. The fourth-order valence-corrected chi connectivity index (χ4v) is 3.43. The molecule has 1 aromatic carbocycles. The smallest absolute Gasteiger partial charge is 0.350 e. The number of thiophene rings is 1.